The smallest absolute Gasteiger partial charge is 0.306 e. The summed E-state index contributed by atoms with van der Waals surface area (Å²) in [5, 5.41) is 3.13. The number of benzene rings is 1. The highest BCUT2D eigenvalue weighted by Gasteiger charge is 2.15. The van der Waals surface area contributed by atoms with E-state index in [4.69, 9.17) is 10.5 Å². The number of carbonyl (C=O) groups excluding carboxylic acids is 1. The predicted octanol–water partition coefficient (Wildman–Crippen LogP) is 4.44. The normalized spacial score (nSPS) is 12.3. The van der Waals surface area contributed by atoms with E-state index in [0.29, 0.717) is 24.8 Å². The third-order valence-corrected chi connectivity index (χ3v) is 3.57. The van der Waals surface area contributed by atoms with Crippen molar-refractivity contribution >= 4 is 17.6 Å². The molecule has 0 bridgehead atoms. The molecule has 0 saturated carbocycles. The maximum Gasteiger partial charge on any atom is 0.306 e. The van der Waals surface area contributed by atoms with Crippen LogP contribution in [0, 0.1) is 0 Å². The lowest BCUT2D eigenvalue weighted by Crippen LogP contribution is -2.23. The van der Waals surface area contributed by atoms with Gasteiger partial charge in [-0.1, -0.05) is 32.4 Å². The quantitative estimate of drug-likeness (QED) is 0.315. The molecule has 25 heavy (non-hydrogen) atoms. The summed E-state index contributed by atoms with van der Waals surface area (Å²) < 4.78 is 5.28. The zero-order valence-electron chi connectivity index (χ0n) is 16.3. The summed E-state index contributed by atoms with van der Waals surface area (Å²) in [5.74, 6) is 0.764. The molecule has 0 aliphatic rings. The van der Waals surface area contributed by atoms with Crippen LogP contribution in [0.25, 0.3) is 0 Å². The summed E-state index contributed by atoms with van der Waals surface area (Å²) in [5.41, 5.74) is 7.74. The lowest BCUT2D eigenvalue weighted by Gasteiger charge is -2.19. The number of carbonyl (C=O) groups is 1. The first kappa shape index (κ1) is 21.0. The number of nitrogens with two attached hydrogens (primary N) is 1. The van der Waals surface area contributed by atoms with Gasteiger partial charge in [0.15, 0.2) is 5.96 Å². The minimum Gasteiger partial charge on any atom is -0.460 e. The van der Waals surface area contributed by atoms with E-state index < -0.39 is 5.60 Å². The molecule has 0 aliphatic carbocycles. The standard InChI is InChI=1S/C20H33N3O2/c1-15(2)16-10-9-11-17(14-16)23-19(21)22-13-8-6-7-12-18(24)25-20(3,4)5/h9-11,14-15H,6-8,12-13H2,1-5H3,(H3,21,22,23). The molecule has 0 atom stereocenters. The van der Waals surface area contributed by atoms with Gasteiger partial charge < -0.3 is 15.8 Å². The van der Waals surface area contributed by atoms with Crippen LogP contribution in [0.3, 0.4) is 0 Å². The Balaban J connectivity index is 2.26. The summed E-state index contributed by atoms with van der Waals surface area (Å²) in [6, 6.07) is 8.19. The molecule has 5 heteroatoms. The van der Waals surface area contributed by atoms with Crippen LogP contribution in [-0.2, 0) is 9.53 Å². The van der Waals surface area contributed by atoms with Gasteiger partial charge in [0.2, 0.25) is 0 Å². The first-order valence-corrected chi connectivity index (χ1v) is 9.06. The van der Waals surface area contributed by atoms with Gasteiger partial charge in [-0.3, -0.25) is 9.79 Å². The highest BCUT2D eigenvalue weighted by Crippen LogP contribution is 2.18. The van der Waals surface area contributed by atoms with Crippen LogP contribution in [0.5, 0.6) is 0 Å². The van der Waals surface area contributed by atoms with Crippen LogP contribution in [-0.4, -0.2) is 24.1 Å². The number of guanidine groups is 1. The second kappa shape index (κ2) is 10.1. The molecule has 0 saturated heterocycles. The highest BCUT2D eigenvalue weighted by atomic mass is 16.6. The van der Waals surface area contributed by atoms with E-state index in [0.717, 1.165) is 24.9 Å². The van der Waals surface area contributed by atoms with E-state index in [1.165, 1.54) is 5.56 Å². The van der Waals surface area contributed by atoms with Gasteiger partial charge in [0, 0.05) is 18.7 Å². The number of nitrogens with one attached hydrogen (secondary N) is 1. The van der Waals surface area contributed by atoms with Crippen LogP contribution in [0.4, 0.5) is 5.69 Å². The molecule has 3 N–H and O–H groups in total. The van der Waals surface area contributed by atoms with Crippen molar-refractivity contribution < 1.29 is 9.53 Å². The Morgan fingerprint density at radius 3 is 2.60 bits per heavy atom. The molecule has 5 nitrogen and oxygen atoms in total. The first-order valence-electron chi connectivity index (χ1n) is 9.06. The molecule has 0 heterocycles. The molecule has 0 radical (unpaired) electrons. The number of anilines is 1. The number of hydrogen-bond donors (Lipinski definition) is 2. The Hall–Kier alpha value is -2.04. The van der Waals surface area contributed by atoms with Gasteiger partial charge in [-0.25, -0.2) is 0 Å². The number of rotatable bonds is 8. The number of esters is 1. The van der Waals surface area contributed by atoms with Gasteiger partial charge in [0.05, 0.1) is 0 Å². The first-order chi connectivity index (χ1) is 11.7. The SMILES string of the molecule is CC(C)c1cccc(NC(N)=NCCCCCC(=O)OC(C)(C)C)c1. The maximum atomic E-state index is 11.6. The maximum absolute atomic E-state index is 11.6. The van der Waals surface area contributed by atoms with Crippen LogP contribution in [0.2, 0.25) is 0 Å². The van der Waals surface area contributed by atoms with Crippen LogP contribution in [0.1, 0.15) is 71.8 Å². The van der Waals surface area contributed by atoms with Crippen LogP contribution in [0.15, 0.2) is 29.3 Å². The van der Waals surface area contributed by atoms with Gasteiger partial charge in [-0.2, -0.15) is 0 Å². The van der Waals surface area contributed by atoms with E-state index in [-0.39, 0.29) is 5.97 Å². The fraction of sp³-hybridized carbons (Fsp3) is 0.600. The van der Waals surface area contributed by atoms with Crippen LogP contribution < -0.4 is 11.1 Å². The zero-order valence-corrected chi connectivity index (χ0v) is 16.3. The number of aliphatic imine (C=N–C) groups is 1. The third kappa shape index (κ3) is 9.75. The molecule has 0 amide bonds. The minimum absolute atomic E-state index is 0.137. The molecule has 1 aromatic rings. The van der Waals surface area contributed by atoms with Crippen molar-refractivity contribution in [2.75, 3.05) is 11.9 Å². The Morgan fingerprint density at radius 2 is 1.96 bits per heavy atom. The van der Waals surface area contributed by atoms with Crippen molar-refractivity contribution in [1.29, 1.82) is 0 Å². The lowest BCUT2D eigenvalue weighted by atomic mass is 10.0. The zero-order chi connectivity index (χ0) is 18.9. The molecule has 1 rings (SSSR count). The van der Waals surface area contributed by atoms with Crippen molar-refractivity contribution in [3.8, 4) is 0 Å². The molecular formula is C20H33N3O2. The van der Waals surface area contributed by atoms with E-state index in [2.05, 4.69) is 36.3 Å². The number of nitrogens with zero attached hydrogens (tertiary/aromatic N) is 1. The molecule has 0 aromatic heterocycles. The van der Waals surface area contributed by atoms with Gasteiger partial charge >= 0.3 is 5.97 Å². The summed E-state index contributed by atoms with van der Waals surface area (Å²) in [4.78, 5) is 15.9. The van der Waals surface area contributed by atoms with E-state index >= 15 is 0 Å². The summed E-state index contributed by atoms with van der Waals surface area (Å²) in [6.45, 7) is 10.6. The fourth-order valence-corrected chi connectivity index (χ4v) is 2.31. The number of hydrogen-bond acceptors (Lipinski definition) is 3. The Morgan fingerprint density at radius 1 is 1.24 bits per heavy atom. The summed E-state index contributed by atoms with van der Waals surface area (Å²) in [7, 11) is 0. The van der Waals surface area contributed by atoms with E-state index in [1.54, 1.807) is 0 Å². The second-order valence-electron chi connectivity index (χ2n) is 7.57. The Kier molecular flexibility index (Phi) is 8.46. The van der Waals surface area contributed by atoms with Crippen molar-refractivity contribution in [3.05, 3.63) is 29.8 Å². The van der Waals surface area contributed by atoms with Gasteiger partial charge in [0.1, 0.15) is 5.60 Å². The second-order valence-corrected chi connectivity index (χ2v) is 7.57. The topological polar surface area (TPSA) is 76.7 Å². The Bertz CT molecular complexity index is 575. The molecule has 0 unspecified atom stereocenters. The Labute approximate surface area is 152 Å². The number of unbranched alkanes of at least 4 members (excludes halogenated alkanes) is 2. The summed E-state index contributed by atoms with van der Waals surface area (Å²) in [6.07, 6.45) is 3.10. The van der Waals surface area contributed by atoms with E-state index in [1.807, 2.05) is 32.9 Å². The van der Waals surface area contributed by atoms with Crippen molar-refractivity contribution in [2.45, 2.75) is 71.8 Å². The lowest BCUT2D eigenvalue weighted by molar-refractivity contribution is -0.154. The van der Waals surface area contributed by atoms with Crippen LogP contribution >= 0.6 is 0 Å². The minimum atomic E-state index is -0.408. The molecular weight excluding hydrogens is 314 g/mol. The molecule has 1 aromatic carbocycles. The molecule has 0 fully saturated rings. The molecule has 0 aliphatic heterocycles. The molecule has 140 valence electrons. The largest absolute Gasteiger partial charge is 0.460 e. The van der Waals surface area contributed by atoms with Crippen molar-refractivity contribution in [2.24, 2.45) is 10.7 Å². The van der Waals surface area contributed by atoms with Gasteiger partial charge in [-0.05, 0) is 57.2 Å². The third-order valence-electron chi connectivity index (χ3n) is 3.57. The van der Waals surface area contributed by atoms with Crippen molar-refractivity contribution in [3.63, 3.8) is 0 Å². The average molecular weight is 348 g/mol. The predicted molar refractivity (Wildman–Crippen MR) is 105 cm³/mol. The van der Waals surface area contributed by atoms with E-state index in [9.17, 15) is 4.79 Å². The number of ether oxygens (including phenoxy) is 1. The van der Waals surface area contributed by atoms with Crippen molar-refractivity contribution in [1.82, 2.24) is 0 Å². The van der Waals surface area contributed by atoms with Gasteiger partial charge in [0.25, 0.3) is 0 Å². The fourth-order valence-electron chi connectivity index (χ4n) is 2.31. The highest BCUT2D eigenvalue weighted by molar-refractivity contribution is 5.92. The monoisotopic (exact) mass is 347 g/mol. The average Bonchev–Trinajstić information content (AvgIpc) is 2.49. The summed E-state index contributed by atoms with van der Waals surface area (Å²) >= 11 is 0. The van der Waals surface area contributed by atoms with Gasteiger partial charge in [-0.15, -0.1) is 0 Å². The molecule has 0 spiro atoms.